The van der Waals surface area contributed by atoms with Gasteiger partial charge in [-0.25, -0.2) is 17.5 Å². The molecule has 0 saturated carbocycles. The molecule has 1 rings (SSSR count). The second-order valence-corrected chi connectivity index (χ2v) is 5.28. The minimum absolute atomic E-state index is 0.0995. The summed E-state index contributed by atoms with van der Waals surface area (Å²) in [5.41, 5.74) is 8.04. The number of hydrogen-bond acceptors (Lipinski definition) is 3. The molecule has 0 radical (unpaired) electrons. The number of hydrogen-bond donors (Lipinski definition) is 1. The van der Waals surface area contributed by atoms with Crippen LogP contribution in [0.4, 0.5) is 4.39 Å². The van der Waals surface area contributed by atoms with E-state index in [1.165, 1.54) is 18.2 Å². The van der Waals surface area contributed by atoms with E-state index in [1.54, 1.807) is 0 Å². The number of sulfonamides is 1. The van der Waals surface area contributed by atoms with Crippen molar-refractivity contribution in [2.75, 3.05) is 13.1 Å². The lowest BCUT2D eigenvalue weighted by Crippen LogP contribution is -2.25. The van der Waals surface area contributed by atoms with Crippen LogP contribution in [-0.2, 0) is 10.0 Å². The third kappa shape index (κ3) is 4.70. The summed E-state index contributed by atoms with van der Waals surface area (Å²) in [7, 11) is -3.67. The first kappa shape index (κ1) is 14.4. The third-order valence-electron chi connectivity index (χ3n) is 2.15. The van der Waals surface area contributed by atoms with Gasteiger partial charge in [0.1, 0.15) is 5.82 Å². The fourth-order valence-electron chi connectivity index (χ4n) is 1.28. The molecule has 0 spiro atoms. The second-order valence-electron chi connectivity index (χ2n) is 3.52. The molecule has 98 valence electrons. The Morgan fingerprint density at radius 3 is 2.83 bits per heavy atom. The van der Waals surface area contributed by atoms with Crippen LogP contribution in [0.3, 0.4) is 0 Å². The number of azide groups is 1. The van der Waals surface area contributed by atoms with Crippen LogP contribution in [0.1, 0.15) is 12.8 Å². The summed E-state index contributed by atoms with van der Waals surface area (Å²) >= 11 is 0. The maximum Gasteiger partial charge on any atom is 0.240 e. The predicted octanol–water partition coefficient (Wildman–Crippen LogP) is 2.19. The van der Waals surface area contributed by atoms with E-state index in [2.05, 4.69) is 14.7 Å². The molecule has 0 aliphatic carbocycles. The molecule has 8 heteroatoms. The van der Waals surface area contributed by atoms with Gasteiger partial charge in [-0.2, -0.15) is 0 Å². The third-order valence-corrected chi connectivity index (χ3v) is 3.61. The Bertz CT molecular complexity index is 541. The summed E-state index contributed by atoms with van der Waals surface area (Å²) in [6.45, 7) is 0.554. The quantitative estimate of drug-likeness (QED) is 0.356. The fourth-order valence-corrected chi connectivity index (χ4v) is 2.38. The number of unbranched alkanes of at least 4 members (excludes halogenated alkanes) is 1. The minimum atomic E-state index is -3.67. The molecule has 0 atom stereocenters. The van der Waals surface area contributed by atoms with Gasteiger partial charge in [-0.15, -0.1) is 0 Å². The Morgan fingerprint density at radius 1 is 1.39 bits per heavy atom. The molecule has 1 aromatic rings. The largest absolute Gasteiger partial charge is 0.240 e. The molecular formula is C10H13FN4O2S. The molecule has 0 unspecified atom stereocenters. The van der Waals surface area contributed by atoms with Crippen molar-refractivity contribution in [2.24, 2.45) is 5.11 Å². The molecule has 0 bridgehead atoms. The van der Waals surface area contributed by atoms with E-state index in [0.29, 0.717) is 19.4 Å². The van der Waals surface area contributed by atoms with Crippen LogP contribution in [0.15, 0.2) is 34.3 Å². The first-order chi connectivity index (χ1) is 8.56. The van der Waals surface area contributed by atoms with E-state index >= 15 is 0 Å². The van der Waals surface area contributed by atoms with Gasteiger partial charge in [0.25, 0.3) is 0 Å². The van der Waals surface area contributed by atoms with Crippen molar-refractivity contribution < 1.29 is 12.8 Å². The van der Waals surface area contributed by atoms with Crippen molar-refractivity contribution >= 4 is 10.0 Å². The average Bonchev–Trinajstić information content (AvgIpc) is 2.33. The molecule has 0 aliphatic heterocycles. The van der Waals surface area contributed by atoms with Crippen LogP contribution in [-0.4, -0.2) is 21.5 Å². The van der Waals surface area contributed by atoms with Crippen molar-refractivity contribution in [3.63, 3.8) is 0 Å². The number of nitrogens with one attached hydrogen (secondary N) is 1. The first-order valence-electron chi connectivity index (χ1n) is 5.32. The monoisotopic (exact) mass is 272 g/mol. The highest BCUT2D eigenvalue weighted by molar-refractivity contribution is 7.89. The van der Waals surface area contributed by atoms with E-state index in [0.717, 1.165) is 6.07 Å². The topological polar surface area (TPSA) is 94.9 Å². The van der Waals surface area contributed by atoms with Gasteiger partial charge in [-0.05, 0) is 36.6 Å². The Morgan fingerprint density at radius 2 is 2.17 bits per heavy atom. The van der Waals surface area contributed by atoms with Crippen molar-refractivity contribution in [1.82, 2.24) is 4.72 Å². The van der Waals surface area contributed by atoms with Crippen LogP contribution < -0.4 is 4.72 Å². The van der Waals surface area contributed by atoms with E-state index in [4.69, 9.17) is 5.53 Å². The zero-order valence-corrected chi connectivity index (χ0v) is 10.4. The highest BCUT2D eigenvalue weighted by Gasteiger charge is 2.13. The summed E-state index contributed by atoms with van der Waals surface area (Å²) in [6.07, 6.45) is 1.14. The van der Waals surface area contributed by atoms with Crippen molar-refractivity contribution in [3.8, 4) is 0 Å². The number of nitrogens with zero attached hydrogens (tertiary/aromatic N) is 3. The zero-order chi connectivity index (χ0) is 13.4. The van der Waals surface area contributed by atoms with Gasteiger partial charge in [0.2, 0.25) is 10.0 Å². The number of rotatable bonds is 7. The maximum absolute atomic E-state index is 12.9. The Labute approximate surface area is 105 Å². The molecule has 0 heterocycles. The van der Waals surface area contributed by atoms with E-state index in [-0.39, 0.29) is 11.4 Å². The van der Waals surface area contributed by atoms with E-state index < -0.39 is 15.8 Å². The standard InChI is InChI=1S/C10H13FN4O2S/c11-9-4-3-5-10(8-9)18(16,17)14-7-2-1-6-13-15-12/h3-5,8,14H,1-2,6-7H2. The van der Waals surface area contributed by atoms with Gasteiger partial charge in [0.15, 0.2) is 0 Å². The second kappa shape index (κ2) is 6.95. The molecule has 1 aromatic carbocycles. The van der Waals surface area contributed by atoms with Crippen LogP contribution >= 0.6 is 0 Å². The molecule has 18 heavy (non-hydrogen) atoms. The molecule has 6 nitrogen and oxygen atoms in total. The summed E-state index contributed by atoms with van der Waals surface area (Å²) in [4.78, 5) is 2.48. The lowest BCUT2D eigenvalue weighted by molar-refractivity contribution is 0.573. The fraction of sp³-hybridized carbons (Fsp3) is 0.400. The average molecular weight is 272 g/mol. The highest BCUT2D eigenvalue weighted by Crippen LogP contribution is 2.10. The summed E-state index contributed by atoms with van der Waals surface area (Å²) in [5, 5.41) is 3.33. The molecule has 0 aromatic heterocycles. The lowest BCUT2D eigenvalue weighted by Gasteiger charge is -2.06. The molecule has 1 N–H and O–H groups in total. The van der Waals surface area contributed by atoms with Crippen LogP contribution in [0.2, 0.25) is 0 Å². The van der Waals surface area contributed by atoms with Crippen LogP contribution in [0.5, 0.6) is 0 Å². The summed E-state index contributed by atoms with van der Waals surface area (Å²) in [5.74, 6) is -0.596. The number of halogens is 1. The Hall–Kier alpha value is -1.63. The van der Waals surface area contributed by atoms with E-state index in [9.17, 15) is 12.8 Å². The Balaban J connectivity index is 2.48. The molecule has 0 aliphatic rings. The van der Waals surface area contributed by atoms with Gasteiger partial charge in [-0.1, -0.05) is 11.2 Å². The predicted molar refractivity (Wildman–Crippen MR) is 64.8 cm³/mol. The van der Waals surface area contributed by atoms with Crippen molar-refractivity contribution in [1.29, 1.82) is 0 Å². The van der Waals surface area contributed by atoms with Crippen molar-refractivity contribution in [3.05, 3.63) is 40.5 Å². The summed E-state index contributed by atoms with van der Waals surface area (Å²) < 4.78 is 38.7. The zero-order valence-electron chi connectivity index (χ0n) is 9.58. The smallest absolute Gasteiger partial charge is 0.211 e. The number of benzene rings is 1. The normalized spacial score (nSPS) is 10.9. The Kier molecular flexibility index (Phi) is 5.57. The van der Waals surface area contributed by atoms with Gasteiger partial charge in [-0.3, -0.25) is 0 Å². The molecular weight excluding hydrogens is 259 g/mol. The minimum Gasteiger partial charge on any atom is -0.211 e. The van der Waals surface area contributed by atoms with Crippen LogP contribution in [0, 0.1) is 5.82 Å². The highest BCUT2D eigenvalue weighted by atomic mass is 32.2. The molecule has 0 saturated heterocycles. The van der Waals surface area contributed by atoms with Gasteiger partial charge in [0, 0.05) is 18.0 Å². The van der Waals surface area contributed by atoms with Gasteiger partial charge >= 0.3 is 0 Å². The van der Waals surface area contributed by atoms with Gasteiger partial charge in [0.05, 0.1) is 4.90 Å². The van der Waals surface area contributed by atoms with Gasteiger partial charge < -0.3 is 0 Å². The maximum atomic E-state index is 12.9. The molecule has 0 amide bonds. The van der Waals surface area contributed by atoms with Crippen LogP contribution in [0.25, 0.3) is 10.4 Å². The SMILES string of the molecule is [N-]=[N+]=NCCCCNS(=O)(=O)c1cccc(F)c1. The van der Waals surface area contributed by atoms with Crippen molar-refractivity contribution in [2.45, 2.75) is 17.7 Å². The summed E-state index contributed by atoms with van der Waals surface area (Å²) in [6, 6.07) is 4.80. The molecule has 0 fully saturated rings. The van der Waals surface area contributed by atoms with E-state index in [1.807, 2.05) is 0 Å². The first-order valence-corrected chi connectivity index (χ1v) is 6.80. The lowest BCUT2D eigenvalue weighted by atomic mass is 10.3.